The van der Waals surface area contributed by atoms with Gasteiger partial charge in [-0.3, -0.25) is 14.2 Å². The van der Waals surface area contributed by atoms with E-state index in [-0.39, 0.29) is 17.2 Å². The summed E-state index contributed by atoms with van der Waals surface area (Å²) in [6.07, 6.45) is 0. The van der Waals surface area contributed by atoms with E-state index in [2.05, 4.69) is 26.2 Å². The van der Waals surface area contributed by atoms with Gasteiger partial charge in [-0.1, -0.05) is 51.4 Å². The fourth-order valence-corrected chi connectivity index (χ4v) is 3.99. The molecule has 2 aromatic carbocycles. The number of methoxy groups -OCH3 is 1. The zero-order valence-corrected chi connectivity index (χ0v) is 18.8. The number of carbonyl (C=O) groups is 1. The number of benzene rings is 2. The lowest BCUT2D eigenvalue weighted by Crippen LogP contribution is -2.27. The lowest BCUT2D eigenvalue weighted by Gasteiger charge is -2.13. The lowest BCUT2D eigenvalue weighted by atomic mass is 10.2. The smallest absolute Gasteiger partial charge is 0.262 e. The first kappa shape index (κ1) is 21.8. The number of fused-ring (bicyclic) bond motifs is 1. The summed E-state index contributed by atoms with van der Waals surface area (Å²) in [5.41, 5.74) is 1.40. The molecule has 1 amide bonds. The highest BCUT2D eigenvalue weighted by Crippen LogP contribution is 2.20. The molecule has 3 aromatic rings. The van der Waals surface area contributed by atoms with Crippen molar-refractivity contribution in [2.45, 2.75) is 18.2 Å². The summed E-state index contributed by atoms with van der Waals surface area (Å²) in [7, 11) is 1.58. The Labute approximate surface area is 185 Å². The molecule has 0 aliphatic heterocycles. The van der Waals surface area contributed by atoms with Crippen LogP contribution in [0, 0.1) is 0 Å². The monoisotopic (exact) mass is 495 g/mol. The number of hydrogen-bond acceptors (Lipinski definition) is 5. The van der Waals surface area contributed by atoms with Crippen LogP contribution in [0.5, 0.6) is 0 Å². The number of carbonyl (C=O) groups excluding carboxylic acids is 1. The summed E-state index contributed by atoms with van der Waals surface area (Å²) in [4.78, 5) is 29.8. The van der Waals surface area contributed by atoms with E-state index < -0.39 is 0 Å². The minimum Gasteiger partial charge on any atom is -0.383 e. The van der Waals surface area contributed by atoms with Crippen LogP contribution in [-0.4, -0.2) is 34.9 Å². The molecule has 152 valence electrons. The van der Waals surface area contributed by atoms with Crippen LogP contribution in [0.3, 0.4) is 0 Å². The van der Waals surface area contributed by atoms with Crippen molar-refractivity contribution in [3.63, 3.8) is 0 Å². The van der Waals surface area contributed by atoms with Crippen molar-refractivity contribution in [1.29, 1.82) is 0 Å². The van der Waals surface area contributed by atoms with Crippen LogP contribution in [0.15, 0.2) is 56.9 Å². The van der Waals surface area contributed by atoms with Crippen LogP contribution in [0.4, 0.5) is 0 Å². The summed E-state index contributed by atoms with van der Waals surface area (Å²) in [6.45, 7) is 1.14. The third-order valence-corrected chi connectivity index (χ3v) is 5.86. The quantitative estimate of drug-likeness (QED) is 0.379. The van der Waals surface area contributed by atoms with Gasteiger partial charge in [0.25, 0.3) is 5.56 Å². The van der Waals surface area contributed by atoms with Crippen molar-refractivity contribution < 1.29 is 9.53 Å². The van der Waals surface area contributed by atoms with Gasteiger partial charge in [-0.15, -0.1) is 0 Å². The van der Waals surface area contributed by atoms with Crippen molar-refractivity contribution in [3.8, 4) is 0 Å². The fraction of sp³-hybridized carbons (Fsp3) is 0.250. The van der Waals surface area contributed by atoms with Gasteiger partial charge in [0, 0.05) is 23.1 Å². The molecular formula is C20H19BrClN3O3S. The van der Waals surface area contributed by atoms with Crippen LogP contribution in [0.25, 0.3) is 10.9 Å². The lowest BCUT2D eigenvalue weighted by molar-refractivity contribution is -0.118. The van der Waals surface area contributed by atoms with Gasteiger partial charge in [0.15, 0.2) is 5.16 Å². The van der Waals surface area contributed by atoms with E-state index in [9.17, 15) is 9.59 Å². The molecule has 0 saturated heterocycles. The van der Waals surface area contributed by atoms with E-state index >= 15 is 0 Å². The second kappa shape index (κ2) is 10.2. The number of nitrogens with zero attached hydrogens (tertiary/aromatic N) is 2. The number of aromatic nitrogens is 2. The third-order valence-electron chi connectivity index (χ3n) is 4.14. The summed E-state index contributed by atoms with van der Waals surface area (Å²) in [5.74, 6) is 0.00286. The van der Waals surface area contributed by atoms with E-state index in [1.807, 2.05) is 18.2 Å². The minimum absolute atomic E-state index is 0.145. The van der Waals surface area contributed by atoms with Gasteiger partial charge in [0.05, 0.1) is 29.8 Å². The Morgan fingerprint density at radius 2 is 2.03 bits per heavy atom. The Hall–Kier alpha value is -1.87. The number of rotatable bonds is 8. The highest BCUT2D eigenvalue weighted by atomic mass is 79.9. The summed E-state index contributed by atoms with van der Waals surface area (Å²) in [6, 6.07) is 12.7. The number of thioether (sulfide) groups is 1. The molecule has 1 heterocycles. The Balaban J connectivity index is 1.73. The zero-order chi connectivity index (χ0) is 20.8. The van der Waals surface area contributed by atoms with Crippen molar-refractivity contribution >= 4 is 56.1 Å². The molecule has 1 N–H and O–H groups in total. The first-order chi connectivity index (χ1) is 14.0. The first-order valence-corrected chi connectivity index (χ1v) is 11.0. The highest BCUT2D eigenvalue weighted by Gasteiger charge is 2.13. The zero-order valence-electron chi connectivity index (χ0n) is 15.7. The van der Waals surface area contributed by atoms with Crippen LogP contribution >= 0.6 is 39.3 Å². The summed E-state index contributed by atoms with van der Waals surface area (Å²) in [5, 5.41) is 4.52. The average molecular weight is 497 g/mol. The van der Waals surface area contributed by atoms with Gasteiger partial charge in [0.2, 0.25) is 5.91 Å². The van der Waals surface area contributed by atoms with Crippen LogP contribution < -0.4 is 10.9 Å². The Kier molecular flexibility index (Phi) is 7.71. The molecule has 29 heavy (non-hydrogen) atoms. The van der Waals surface area contributed by atoms with Gasteiger partial charge in [-0.05, 0) is 35.9 Å². The maximum atomic E-state index is 12.9. The molecular weight excluding hydrogens is 478 g/mol. The SMILES string of the molecule is COCCn1c(SCC(=O)NCc2ccc(Cl)cc2)nc2ccc(Br)cc2c1=O. The Bertz CT molecular complexity index is 1070. The van der Waals surface area contributed by atoms with Crippen molar-refractivity contribution in [1.82, 2.24) is 14.9 Å². The first-order valence-electron chi connectivity index (χ1n) is 8.81. The predicted octanol–water partition coefficient (Wildman–Crippen LogP) is 3.87. The van der Waals surface area contributed by atoms with Crippen molar-refractivity contribution in [3.05, 3.63) is 67.9 Å². The highest BCUT2D eigenvalue weighted by molar-refractivity contribution is 9.10. The molecule has 0 saturated carbocycles. The second-order valence-electron chi connectivity index (χ2n) is 6.20. The van der Waals surface area contributed by atoms with Gasteiger partial charge >= 0.3 is 0 Å². The molecule has 0 radical (unpaired) electrons. The summed E-state index contributed by atoms with van der Waals surface area (Å²) >= 11 is 10.5. The van der Waals surface area contributed by atoms with Gasteiger partial charge in [-0.25, -0.2) is 4.98 Å². The Morgan fingerprint density at radius 3 is 2.76 bits per heavy atom. The second-order valence-corrected chi connectivity index (χ2v) is 8.49. The number of hydrogen-bond donors (Lipinski definition) is 1. The number of ether oxygens (including phenoxy) is 1. The molecule has 0 spiro atoms. The predicted molar refractivity (Wildman–Crippen MR) is 120 cm³/mol. The average Bonchev–Trinajstić information content (AvgIpc) is 2.72. The standard InChI is InChI=1S/C20H19BrClN3O3S/c1-28-9-8-25-19(27)16-10-14(21)4-7-17(16)24-20(25)29-12-18(26)23-11-13-2-5-15(22)6-3-13/h2-7,10H,8-9,11-12H2,1H3,(H,23,26). The van der Waals surface area contributed by atoms with Gasteiger partial charge < -0.3 is 10.1 Å². The summed E-state index contributed by atoms with van der Waals surface area (Å²) < 4.78 is 7.48. The molecule has 0 fully saturated rings. The largest absolute Gasteiger partial charge is 0.383 e. The van der Waals surface area contributed by atoms with E-state index in [1.165, 1.54) is 11.8 Å². The van der Waals surface area contributed by atoms with Crippen LogP contribution in [0.1, 0.15) is 5.56 Å². The van der Waals surface area contributed by atoms with E-state index in [4.69, 9.17) is 16.3 Å². The van der Waals surface area contributed by atoms with Gasteiger partial charge in [0.1, 0.15) is 0 Å². The maximum absolute atomic E-state index is 12.9. The fourth-order valence-electron chi connectivity index (χ4n) is 2.65. The van der Waals surface area contributed by atoms with Crippen molar-refractivity contribution in [2.75, 3.05) is 19.5 Å². The number of halogens is 2. The number of amides is 1. The minimum atomic E-state index is -0.155. The molecule has 1 aromatic heterocycles. The van der Waals surface area contributed by atoms with E-state index in [0.717, 1.165) is 10.0 Å². The molecule has 0 bridgehead atoms. The normalized spacial score (nSPS) is 11.0. The van der Waals surface area contributed by atoms with Crippen molar-refractivity contribution in [2.24, 2.45) is 0 Å². The van der Waals surface area contributed by atoms with Gasteiger partial charge in [-0.2, -0.15) is 0 Å². The van der Waals surface area contributed by atoms with Crippen LogP contribution in [-0.2, 0) is 22.6 Å². The molecule has 3 rings (SSSR count). The Morgan fingerprint density at radius 1 is 1.28 bits per heavy atom. The molecule has 6 nitrogen and oxygen atoms in total. The molecule has 0 aliphatic rings. The molecule has 0 unspecified atom stereocenters. The van der Waals surface area contributed by atoms with E-state index in [0.29, 0.717) is 40.8 Å². The third kappa shape index (κ3) is 5.82. The van der Waals surface area contributed by atoms with Crippen LogP contribution in [0.2, 0.25) is 5.02 Å². The maximum Gasteiger partial charge on any atom is 0.262 e. The molecule has 9 heteroatoms. The molecule has 0 aliphatic carbocycles. The van der Waals surface area contributed by atoms with E-state index in [1.54, 1.807) is 35.9 Å². The topological polar surface area (TPSA) is 73.2 Å². The number of nitrogens with one attached hydrogen (secondary N) is 1. The molecule has 0 atom stereocenters.